The molecule has 2 rings (SSSR count). The van der Waals surface area contributed by atoms with Crippen molar-refractivity contribution >= 4 is 23.1 Å². The van der Waals surface area contributed by atoms with E-state index in [1.54, 1.807) is 24.3 Å². The van der Waals surface area contributed by atoms with Crippen LogP contribution in [0.3, 0.4) is 0 Å². The maximum atomic E-state index is 9.94. The molecule has 0 radical (unpaired) electrons. The highest BCUT2D eigenvalue weighted by atomic mass is 32.1. The van der Waals surface area contributed by atoms with Gasteiger partial charge in [-0.25, -0.2) is 0 Å². The highest BCUT2D eigenvalue weighted by molar-refractivity contribution is 7.78. The zero-order valence-electron chi connectivity index (χ0n) is 10.9. The van der Waals surface area contributed by atoms with Crippen molar-refractivity contribution < 1.29 is 29.9 Å². The zero-order chi connectivity index (χ0) is 15.4. The number of ether oxygens (including phenoxy) is 2. The number of aliphatic hydroxyl groups excluding tert-OH is 4. The Balaban J connectivity index is 2.09. The van der Waals surface area contributed by atoms with Crippen molar-refractivity contribution in [3.63, 3.8) is 0 Å². The maximum Gasteiger partial charge on any atom is 0.195 e. The molecule has 1 fully saturated rings. The predicted octanol–water partition coefficient (Wildman–Crippen LogP) is -0.400. The molecule has 0 unspecified atom stereocenters. The van der Waals surface area contributed by atoms with Gasteiger partial charge >= 0.3 is 0 Å². The molecule has 0 bridgehead atoms. The van der Waals surface area contributed by atoms with Gasteiger partial charge in [-0.15, -0.1) is 0 Å². The molecule has 114 valence electrons. The van der Waals surface area contributed by atoms with Gasteiger partial charge in [-0.05, 0) is 36.5 Å². The number of nitrogens with zero attached hydrogens (tertiary/aromatic N) is 1. The van der Waals surface area contributed by atoms with Gasteiger partial charge in [0.1, 0.15) is 24.1 Å². The summed E-state index contributed by atoms with van der Waals surface area (Å²) in [7, 11) is 0. The fourth-order valence-corrected chi connectivity index (χ4v) is 2.11. The molecule has 1 aromatic rings. The number of benzene rings is 1. The summed E-state index contributed by atoms with van der Waals surface area (Å²) in [4.78, 5) is 3.78. The van der Waals surface area contributed by atoms with Crippen molar-refractivity contribution in [2.24, 2.45) is 4.99 Å². The molecule has 0 aromatic heterocycles. The minimum Gasteiger partial charge on any atom is -0.482 e. The first-order valence-electron chi connectivity index (χ1n) is 6.22. The Kier molecular flexibility index (Phi) is 5.38. The first-order valence-corrected chi connectivity index (χ1v) is 6.62. The molecule has 1 aromatic carbocycles. The summed E-state index contributed by atoms with van der Waals surface area (Å²) < 4.78 is 10.4. The number of aliphatic hydroxyl groups is 4. The minimum absolute atomic E-state index is 0.347. The summed E-state index contributed by atoms with van der Waals surface area (Å²) in [5.74, 6) is 0.347. The van der Waals surface area contributed by atoms with Gasteiger partial charge in [0.15, 0.2) is 12.4 Å². The molecule has 21 heavy (non-hydrogen) atoms. The van der Waals surface area contributed by atoms with Crippen LogP contribution in [-0.4, -0.2) is 62.9 Å². The average Bonchev–Trinajstić information content (AvgIpc) is 2.49. The fourth-order valence-electron chi connectivity index (χ4n) is 2.01. The van der Waals surface area contributed by atoms with Gasteiger partial charge in [0, 0.05) is 0 Å². The lowest BCUT2D eigenvalue weighted by Crippen LogP contribution is -2.60. The number of hydrogen-bond acceptors (Lipinski definition) is 8. The van der Waals surface area contributed by atoms with Gasteiger partial charge in [-0.3, -0.25) is 0 Å². The van der Waals surface area contributed by atoms with Crippen LogP contribution in [0, 0.1) is 0 Å². The van der Waals surface area contributed by atoms with Gasteiger partial charge in [-0.1, -0.05) is 0 Å². The molecule has 0 spiro atoms. The number of rotatable bonds is 4. The third-order valence-electron chi connectivity index (χ3n) is 3.13. The van der Waals surface area contributed by atoms with E-state index in [0.717, 1.165) is 0 Å². The SMILES string of the molecule is OC[C@H]1O[C@@H](O)[C@H](Oc2ccc(N=C=S)cc2)[C@@H](O)[C@H]1O. The average molecular weight is 313 g/mol. The van der Waals surface area contributed by atoms with Crippen molar-refractivity contribution in [2.75, 3.05) is 6.61 Å². The molecule has 1 heterocycles. The zero-order valence-corrected chi connectivity index (χ0v) is 11.7. The Labute approximate surface area is 126 Å². The second-order valence-corrected chi connectivity index (χ2v) is 4.69. The Morgan fingerprint density at radius 2 is 1.86 bits per heavy atom. The summed E-state index contributed by atoms with van der Waals surface area (Å²) in [6.07, 6.45) is -6.47. The van der Waals surface area contributed by atoms with Crippen molar-refractivity contribution in [3.8, 4) is 5.75 Å². The van der Waals surface area contributed by atoms with E-state index in [9.17, 15) is 15.3 Å². The molecule has 1 aliphatic heterocycles. The summed E-state index contributed by atoms with van der Waals surface area (Å²) in [5, 5.41) is 40.7. The number of hydrogen-bond donors (Lipinski definition) is 4. The van der Waals surface area contributed by atoms with E-state index in [1.165, 1.54) is 0 Å². The maximum absolute atomic E-state index is 9.94. The largest absolute Gasteiger partial charge is 0.482 e. The Morgan fingerprint density at radius 3 is 2.43 bits per heavy atom. The van der Waals surface area contributed by atoms with Gasteiger partial charge in [0.25, 0.3) is 0 Å². The van der Waals surface area contributed by atoms with E-state index in [4.69, 9.17) is 14.6 Å². The van der Waals surface area contributed by atoms with Crippen LogP contribution < -0.4 is 4.74 Å². The summed E-state index contributed by atoms with van der Waals surface area (Å²) >= 11 is 4.49. The molecule has 7 nitrogen and oxygen atoms in total. The highest BCUT2D eigenvalue weighted by Gasteiger charge is 2.45. The highest BCUT2D eigenvalue weighted by Crippen LogP contribution is 2.25. The van der Waals surface area contributed by atoms with Crippen LogP contribution >= 0.6 is 12.2 Å². The first kappa shape index (κ1) is 16.0. The number of thiocarbonyl (C=S) groups is 1. The lowest BCUT2D eigenvalue weighted by Gasteiger charge is -2.39. The van der Waals surface area contributed by atoms with E-state index in [0.29, 0.717) is 11.4 Å². The molecule has 5 atom stereocenters. The van der Waals surface area contributed by atoms with Crippen molar-refractivity contribution in [3.05, 3.63) is 24.3 Å². The Bertz CT molecular complexity index is 518. The normalized spacial score (nSPS) is 32.3. The minimum atomic E-state index is -1.47. The van der Waals surface area contributed by atoms with Crippen LogP contribution in [0.25, 0.3) is 0 Å². The smallest absolute Gasteiger partial charge is 0.195 e. The molecule has 4 N–H and O–H groups in total. The second kappa shape index (κ2) is 7.06. The van der Waals surface area contributed by atoms with Crippen molar-refractivity contribution in [1.82, 2.24) is 0 Å². The van der Waals surface area contributed by atoms with Gasteiger partial charge in [0.2, 0.25) is 0 Å². The van der Waals surface area contributed by atoms with Crippen molar-refractivity contribution in [1.29, 1.82) is 0 Å². The summed E-state index contributed by atoms with van der Waals surface area (Å²) in [6.45, 7) is -0.522. The van der Waals surface area contributed by atoms with Crippen LogP contribution in [0.2, 0.25) is 0 Å². The molecule has 0 saturated carbocycles. The summed E-state index contributed by atoms with van der Waals surface area (Å²) in [6, 6.07) is 6.36. The van der Waals surface area contributed by atoms with Gasteiger partial charge < -0.3 is 29.9 Å². The third kappa shape index (κ3) is 3.63. The topological polar surface area (TPSA) is 112 Å². The molecule has 1 saturated heterocycles. The van der Waals surface area contributed by atoms with E-state index < -0.39 is 37.3 Å². The lowest BCUT2D eigenvalue weighted by molar-refractivity contribution is -0.280. The molecule has 0 aliphatic carbocycles. The molecule has 8 heteroatoms. The first-order chi connectivity index (χ1) is 10.1. The van der Waals surface area contributed by atoms with Crippen LogP contribution in [0.1, 0.15) is 0 Å². The van der Waals surface area contributed by atoms with Crippen LogP contribution in [0.5, 0.6) is 5.75 Å². The molecular weight excluding hydrogens is 298 g/mol. The Hall–Kier alpha value is -1.38. The third-order valence-corrected chi connectivity index (χ3v) is 3.22. The van der Waals surface area contributed by atoms with E-state index in [-0.39, 0.29) is 0 Å². The molecule has 0 amide bonds. The van der Waals surface area contributed by atoms with Crippen LogP contribution in [0.15, 0.2) is 29.3 Å². The number of isothiocyanates is 1. The van der Waals surface area contributed by atoms with E-state index >= 15 is 0 Å². The van der Waals surface area contributed by atoms with E-state index in [2.05, 4.69) is 22.4 Å². The van der Waals surface area contributed by atoms with Crippen LogP contribution in [-0.2, 0) is 4.74 Å². The standard InChI is InChI=1S/C13H15NO6S/c15-5-9-10(16)11(17)12(13(18)20-9)19-8-3-1-7(2-4-8)14-6-21/h1-4,9-13,15-18H,5H2/t9-,10+,11+,12-,13-/m1/s1. The Morgan fingerprint density at radius 1 is 1.19 bits per heavy atom. The molecular formula is C13H15NO6S. The van der Waals surface area contributed by atoms with Crippen LogP contribution in [0.4, 0.5) is 5.69 Å². The second-order valence-electron chi connectivity index (χ2n) is 4.51. The van der Waals surface area contributed by atoms with E-state index in [1.807, 2.05) is 0 Å². The monoisotopic (exact) mass is 313 g/mol. The number of aliphatic imine (C=N–C) groups is 1. The molecule has 1 aliphatic rings. The van der Waals surface area contributed by atoms with Gasteiger partial charge in [-0.2, -0.15) is 4.99 Å². The fraction of sp³-hybridized carbons (Fsp3) is 0.462. The van der Waals surface area contributed by atoms with Gasteiger partial charge in [0.05, 0.1) is 17.5 Å². The van der Waals surface area contributed by atoms with Crippen molar-refractivity contribution in [2.45, 2.75) is 30.7 Å². The lowest BCUT2D eigenvalue weighted by atomic mass is 9.99. The summed E-state index contributed by atoms with van der Waals surface area (Å²) in [5.41, 5.74) is 0.582. The predicted molar refractivity (Wildman–Crippen MR) is 75.5 cm³/mol. The quantitative estimate of drug-likeness (QED) is 0.442.